The van der Waals surface area contributed by atoms with Crippen molar-refractivity contribution in [1.29, 1.82) is 0 Å². The van der Waals surface area contributed by atoms with E-state index in [1.165, 1.54) is 16.7 Å². The van der Waals surface area contributed by atoms with Crippen molar-refractivity contribution in [3.05, 3.63) is 23.4 Å². The maximum absolute atomic E-state index is 2.20. The second kappa shape index (κ2) is 8.99. The van der Waals surface area contributed by atoms with Gasteiger partial charge in [0.1, 0.15) is 0 Å². The summed E-state index contributed by atoms with van der Waals surface area (Å²) in [5.74, 6) is 0. The fourth-order valence-corrected chi connectivity index (χ4v) is 0.982. The third kappa shape index (κ3) is 6.88. The van der Waals surface area contributed by atoms with Crippen LogP contribution in [-0.2, 0) is 21.7 Å². The van der Waals surface area contributed by atoms with Crippen LogP contribution in [0.1, 0.15) is 6.42 Å². The standard InChI is InChI=1S/C5H8Si.2ClH.Ti/c6-5-3-1-2-4-5;;;/h1-3H,4H2,6H3;2*1H;/q;;;+2/p-2. The van der Waals surface area contributed by atoms with Crippen molar-refractivity contribution in [2.24, 2.45) is 0 Å². The molecule has 1 aliphatic carbocycles. The molecule has 0 amide bonds. The third-order valence-electron chi connectivity index (χ3n) is 0.957. The Hall–Kier alpha value is 0.991. The molecule has 9 heavy (non-hydrogen) atoms. The molecule has 1 aliphatic rings. The first-order valence-electron chi connectivity index (χ1n) is 2.22. The fourth-order valence-electron chi connectivity index (χ4n) is 0.554. The van der Waals surface area contributed by atoms with Gasteiger partial charge < -0.3 is 24.8 Å². The van der Waals surface area contributed by atoms with Crippen molar-refractivity contribution in [3.8, 4) is 0 Å². The summed E-state index contributed by atoms with van der Waals surface area (Å²) >= 11 is 0. The van der Waals surface area contributed by atoms with Crippen LogP contribution in [0.4, 0.5) is 0 Å². The zero-order valence-electron chi connectivity index (χ0n) is 5.20. The molecule has 0 radical (unpaired) electrons. The molecule has 0 heterocycles. The van der Waals surface area contributed by atoms with Crippen molar-refractivity contribution >= 4 is 10.2 Å². The maximum Gasteiger partial charge on any atom is 2.00 e. The van der Waals surface area contributed by atoms with Crippen LogP contribution < -0.4 is 24.8 Å². The van der Waals surface area contributed by atoms with Gasteiger partial charge in [-0.1, -0.05) is 23.4 Å². The number of hydrogen-bond acceptors (Lipinski definition) is 0. The minimum absolute atomic E-state index is 0. The van der Waals surface area contributed by atoms with Crippen LogP contribution in [0.25, 0.3) is 0 Å². The Labute approximate surface area is 86.3 Å². The molecule has 0 aromatic rings. The molecular weight excluding hydrogens is 207 g/mol. The molecule has 0 aromatic carbocycles. The van der Waals surface area contributed by atoms with E-state index in [0.717, 1.165) is 0 Å². The molecule has 0 bridgehead atoms. The summed E-state index contributed by atoms with van der Waals surface area (Å²) in [4.78, 5) is 0. The number of rotatable bonds is 0. The van der Waals surface area contributed by atoms with Crippen LogP contribution in [0.2, 0.25) is 0 Å². The minimum Gasteiger partial charge on any atom is -1.00 e. The van der Waals surface area contributed by atoms with Crippen LogP contribution in [0.15, 0.2) is 23.4 Å². The van der Waals surface area contributed by atoms with E-state index in [-0.39, 0.29) is 46.5 Å². The predicted molar refractivity (Wildman–Crippen MR) is 31.8 cm³/mol. The quantitative estimate of drug-likeness (QED) is 0.353. The summed E-state index contributed by atoms with van der Waals surface area (Å²) in [6, 6.07) is 0. The summed E-state index contributed by atoms with van der Waals surface area (Å²) in [6.07, 6.45) is 7.75. The average Bonchev–Trinajstić information content (AvgIpc) is 1.86. The zero-order chi connectivity index (χ0) is 4.41. The molecule has 0 unspecified atom stereocenters. The molecule has 0 N–H and O–H groups in total. The normalized spacial score (nSPS) is 12.7. The molecule has 50 valence electrons. The van der Waals surface area contributed by atoms with Gasteiger partial charge in [0.05, 0.1) is 0 Å². The van der Waals surface area contributed by atoms with Crippen LogP contribution in [0.3, 0.4) is 0 Å². The van der Waals surface area contributed by atoms with Crippen molar-refractivity contribution in [2.75, 3.05) is 0 Å². The number of halogens is 2. The van der Waals surface area contributed by atoms with E-state index in [1.807, 2.05) is 0 Å². The van der Waals surface area contributed by atoms with Crippen LogP contribution >= 0.6 is 0 Å². The van der Waals surface area contributed by atoms with Crippen LogP contribution in [-0.4, -0.2) is 10.2 Å². The van der Waals surface area contributed by atoms with Gasteiger partial charge in [-0.25, -0.2) is 0 Å². The first-order chi connectivity index (χ1) is 2.89. The SMILES string of the molecule is [Cl-].[Cl-].[SiH3]C1=CC=CC1.[Ti+2]. The molecule has 0 nitrogen and oxygen atoms in total. The summed E-state index contributed by atoms with van der Waals surface area (Å²) in [6.45, 7) is 0. The van der Waals surface area contributed by atoms with E-state index in [4.69, 9.17) is 0 Å². The molecule has 0 saturated carbocycles. The second-order valence-electron chi connectivity index (χ2n) is 1.65. The van der Waals surface area contributed by atoms with E-state index in [1.54, 1.807) is 5.20 Å². The Kier molecular flexibility index (Phi) is 16.5. The van der Waals surface area contributed by atoms with Gasteiger partial charge in [0.25, 0.3) is 0 Å². The minimum atomic E-state index is 0. The van der Waals surface area contributed by atoms with E-state index in [0.29, 0.717) is 0 Å². The molecule has 4 heteroatoms. The molecule has 0 fully saturated rings. The first kappa shape index (κ1) is 16.5. The van der Waals surface area contributed by atoms with Crippen LogP contribution in [0, 0.1) is 0 Å². The maximum atomic E-state index is 2.20. The van der Waals surface area contributed by atoms with E-state index in [9.17, 15) is 0 Å². The molecule has 0 aromatic heterocycles. The van der Waals surface area contributed by atoms with E-state index >= 15 is 0 Å². The van der Waals surface area contributed by atoms with Gasteiger partial charge in [0, 0.05) is 10.2 Å². The van der Waals surface area contributed by atoms with Crippen LogP contribution in [0.5, 0.6) is 0 Å². The topological polar surface area (TPSA) is 0 Å². The van der Waals surface area contributed by atoms with Crippen molar-refractivity contribution < 1.29 is 46.5 Å². The van der Waals surface area contributed by atoms with Crippen molar-refractivity contribution in [3.63, 3.8) is 0 Å². The zero-order valence-corrected chi connectivity index (χ0v) is 10.3. The average molecular weight is 215 g/mol. The Morgan fingerprint density at radius 2 is 1.89 bits per heavy atom. The fraction of sp³-hybridized carbons (Fsp3) is 0.200. The monoisotopic (exact) mass is 214 g/mol. The number of hydrogen-bond donors (Lipinski definition) is 0. The van der Waals surface area contributed by atoms with Gasteiger partial charge in [-0.15, -0.1) is 0 Å². The van der Waals surface area contributed by atoms with E-state index in [2.05, 4.69) is 18.2 Å². The molecular formula is C5H8Cl2SiTi. The summed E-state index contributed by atoms with van der Waals surface area (Å²) in [5, 5.41) is 1.61. The summed E-state index contributed by atoms with van der Waals surface area (Å²) in [7, 11) is 1.25. The van der Waals surface area contributed by atoms with Gasteiger partial charge >= 0.3 is 21.7 Å². The van der Waals surface area contributed by atoms with Gasteiger partial charge in [-0.05, 0) is 6.42 Å². The van der Waals surface area contributed by atoms with E-state index < -0.39 is 0 Å². The Balaban J connectivity index is -0.000000120. The second-order valence-corrected chi connectivity index (χ2v) is 2.93. The largest absolute Gasteiger partial charge is 2.00 e. The predicted octanol–water partition coefficient (Wildman–Crippen LogP) is -5.80. The molecule has 0 atom stereocenters. The van der Waals surface area contributed by atoms with Gasteiger partial charge in [-0.3, -0.25) is 0 Å². The Bertz CT molecular complexity index is 112. The van der Waals surface area contributed by atoms with Gasteiger partial charge in [0.2, 0.25) is 0 Å². The van der Waals surface area contributed by atoms with Gasteiger partial charge in [0.15, 0.2) is 0 Å². The molecule has 0 spiro atoms. The molecule has 1 rings (SSSR count). The molecule has 0 saturated heterocycles. The summed E-state index contributed by atoms with van der Waals surface area (Å²) in [5.41, 5.74) is 0. The molecule has 0 aliphatic heterocycles. The van der Waals surface area contributed by atoms with Crippen molar-refractivity contribution in [2.45, 2.75) is 6.42 Å². The third-order valence-corrected chi connectivity index (χ3v) is 1.70. The number of allylic oxidation sites excluding steroid dienone is 4. The summed E-state index contributed by atoms with van der Waals surface area (Å²) < 4.78 is 0. The van der Waals surface area contributed by atoms with Crippen molar-refractivity contribution in [1.82, 2.24) is 0 Å². The Morgan fingerprint density at radius 1 is 1.33 bits per heavy atom. The first-order valence-corrected chi connectivity index (χ1v) is 3.22. The smallest absolute Gasteiger partial charge is 1.00 e. The van der Waals surface area contributed by atoms with Gasteiger partial charge in [-0.2, -0.15) is 0 Å². The Morgan fingerprint density at radius 3 is 2.00 bits per heavy atom.